The third kappa shape index (κ3) is 3.27. The molecule has 0 spiro atoms. The number of benzene rings is 1. The summed E-state index contributed by atoms with van der Waals surface area (Å²) in [5.74, 6) is -0.887. The fourth-order valence-corrected chi connectivity index (χ4v) is 4.34. The lowest BCUT2D eigenvalue weighted by Gasteiger charge is -2.38. The summed E-state index contributed by atoms with van der Waals surface area (Å²) in [5.41, 5.74) is 0.680. The molecular weight excluding hydrogens is 364 g/mol. The summed E-state index contributed by atoms with van der Waals surface area (Å²) in [6.45, 7) is 3.57. The maximum absolute atomic E-state index is 13.0. The van der Waals surface area contributed by atoms with Crippen molar-refractivity contribution in [2.24, 2.45) is 11.8 Å². The average Bonchev–Trinajstić information content (AvgIpc) is 3.08. The lowest BCUT2D eigenvalue weighted by atomic mass is 9.89. The zero-order valence-electron chi connectivity index (χ0n) is 15.8. The molecular formula is C20H24N2O6. The van der Waals surface area contributed by atoms with Crippen molar-refractivity contribution in [1.29, 1.82) is 0 Å². The number of amides is 2. The first-order chi connectivity index (χ1) is 13.5. The van der Waals surface area contributed by atoms with Crippen molar-refractivity contribution in [1.82, 2.24) is 4.90 Å². The summed E-state index contributed by atoms with van der Waals surface area (Å²) < 4.78 is 11.1. The van der Waals surface area contributed by atoms with Crippen molar-refractivity contribution in [3.8, 4) is 11.5 Å². The predicted octanol–water partition coefficient (Wildman–Crippen LogP) is 1.52. The second-order valence-corrected chi connectivity index (χ2v) is 7.59. The van der Waals surface area contributed by atoms with Gasteiger partial charge in [0.2, 0.25) is 11.8 Å². The van der Waals surface area contributed by atoms with Crippen LogP contribution in [0.3, 0.4) is 0 Å². The van der Waals surface area contributed by atoms with Gasteiger partial charge in [-0.1, -0.05) is 0 Å². The summed E-state index contributed by atoms with van der Waals surface area (Å²) in [6, 6.07) is 4.97. The van der Waals surface area contributed by atoms with E-state index in [4.69, 9.17) is 9.47 Å². The number of aliphatic carboxylic acids is 1. The van der Waals surface area contributed by atoms with Crippen LogP contribution in [-0.4, -0.2) is 60.1 Å². The van der Waals surface area contributed by atoms with Gasteiger partial charge in [-0.2, -0.15) is 0 Å². The number of hydrogen-bond acceptors (Lipinski definition) is 5. The molecule has 0 radical (unpaired) electrons. The molecule has 1 unspecified atom stereocenters. The van der Waals surface area contributed by atoms with Crippen LogP contribution in [0.15, 0.2) is 18.2 Å². The van der Waals surface area contributed by atoms with Crippen LogP contribution >= 0.6 is 0 Å². The van der Waals surface area contributed by atoms with Crippen LogP contribution in [0.4, 0.5) is 5.69 Å². The Kier molecular flexibility index (Phi) is 4.87. The molecule has 1 N–H and O–H groups in total. The molecule has 0 bridgehead atoms. The molecule has 2 fully saturated rings. The van der Waals surface area contributed by atoms with Crippen molar-refractivity contribution in [3.63, 3.8) is 0 Å². The molecule has 0 aromatic heterocycles. The summed E-state index contributed by atoms with van der Waals surface area (Å²) in [6.07, 6.45) is 1.38. The Balaban J connectivity index is 1.48. The number of carboxylic acids is 1. The maximum atomic E-state index is 13.0. The summed E-state index contributed by atoms with van der Waals surface area (Å²) in [7, 11) is 0. The molecule has 3 heterocycles. The fourth-order valence-electron chi connectivity index (χ4n) is 4.34. The van der Waals surface area contributed by atoms with Crippen LogP contribution in [0.5, 0.6) is 11.5 Å². The predicted molar refractivity (Wildman–Crippen MR) is 99.4 cm³/mol. The lowest BCUT2D eigenvalue weighted by Crippen LogP contribution is -2.51. The van der Waals surface area contributed by atoms with E-state index in [2.05, 4.69) is 0 Å². The molecule has 8 nitrogen and oxygen atoms in total. The first kappa shape index (κ1) is 18.6. The number of anilines is 1. The van der Waals surface area contributed by atoms with Crippen LogP contribution in [0.1, 0.15) is 26.2 Å². The van der Waals surface area contributed by atoms with Gasteiger partial charge in [0.15, 0.2) is 11.5 Å². The third-order valence-electron chi connectivity index (χ3n) is 5.90. The molecule has 4 rings (SSSR count). The Bertz CT molecular complexity index is 810. The highest BCUT2D eigenvalue weighted by molar-refractivity contribution is 6.00. The number of nitrogens with zero attached hydrogens (tertiary/aromatic N) is 2. The Hall–Kier alpha value is -2.77. The van der Waals surface area contributed by atoms with E-state index in [1.165, 1.54) is 0 Å². The number of carbonyl (C=O) groups excluding carboxylic acids is 2. The first-order valence-corrected chi connectivity index (χ1v) is 9.69. The van der Waals surface area contributed by atoms with E-state index in [1.54, 1.807) is 34.9 Å². The van der Waals surface area contributed by atoms with Crippen molar-refractivity contribution in [2.75, 3.05) is 31.2 Å². The fraction of sp³-hybridized carbons (Fsp3) is 0.550. The zero-order valence-corrected chi connectivity index (χ0v) is 15.8. The minimum absolute atomic E-state index is 0.116. The topological polar surface area (TPSA) is 96.4 Å². The highest BCUT2D eigenvalue weighted by atomic mass is 16.6. The van der Waals surface area contributed by atoms with E-state index < -0.39 is 17.8 Å². The largest absolute Gasteiger partial charge is 0.486 e. The van der Waals surface area contributed by atoms with E-state index in [0.717, 1.165) is 0 Å². The molecule has 28 heavy (non-hydrogen) atoms. The molecule has 3 aliphatic heterocycles. The molecule has 2 saturated heterocycles. The number of hydrogen-bond donors (Lipinski definition) is 1. The average molecular weight is 388 g/mol. The second-order valence-electron chi connectivity index (χ2n) is 7.59. The summed E-state index contributed by atoms with van der Waals surface area (Å²) >= 11 is 0. The van der Waals surface area contributed by atoms with Gasteiger partial charge in [0.05, 0.1) is 11.8 Å². The van der Waals surface area contributed by atoms with Gasteiger partial charge in [0.25, 0.3) is 0 Å². The van der Waals surface area contributed by atoms with Gasteiger partial charge < -0.3 is 24.4 Å². The second kappa shape index (κ2) is 7.33. The number of fused-ring (bicyclic) bond motifs is 1. The van der Waals surface area contributed by atoms with Gasteiger partial charge >= 0.3 is 5.97 Å². The lowest BCUT2D eigenvalue weighted by molar-refractivity contribution is -0.150. The summed E-state index contributed by atoms with van der Waals surface area (Å²) in [5, 5.41) is 9.38. The van der Waals surface area contributed by atoms with E-state index in [-0.39, 0.29) is 30.8 Å². The Morgan fingerprint density at radius 3 is 2.68 bits per heavy atom. The number of ether oxygens (including phenoxy) is 2. The number of carbonyl (C=O) groups is 3. The SMILES string of the molecule is C[C@@H]1[C@H](C(=O)O)CCCN1C(=O)C1CC(=O)N(c2ccc3c(c2)OCCO3)C1. The first-order valence-electron chi connectivity index (χ1n) is 9.69. The van der Waals surface area contributed by atoms with Crippen molar-refractivity contribution in [2.45, 2.75) is 32.2 Å². The third-order valence-corrected chi connectivity index (χ3v) is 5.90. The van der Waals surface area contributed by atoms with Gasteiger partial charge in [-0.3, -0.25) is 14.4 Å². The molecule has 3 aliphatic rings. The number of piperidine rings is 1. The van der Waals surface area contributed by atoms with Crippen molar-refractivity contribution in [3.05, 3.63) is 18.2 Å². The Morgan fingerprint density at radius 1 is 1.18 bits per heavy atom. The minimum atomic E-state index is -0.870. The maximum Gasteiger partial charge on any atom is 0.308 e. The molecule has 8 heteroatoms. The minimum Gasteiger partial charge on any atom is -0.486 e. The van der Waals surface area contributed by atoms with Gasteiger partial charge in [-0.15, -0.1) is 0 Å². The van der Waals surface area contributed by atoms with Crippen LogP contribution in [-0.2, 0) is 14.4 Å². The smallest absolute Gasteiger partial charge is 0.308 e. The van der Waals surface area contributed by atoms with Crippen LogP contribution in [0.25, 0.3) is 0 Å². The van der Waals surface area contributed by atoms with Gasteiger partial charge in [0.1, 0.15) is 13.2 Å². The Labute approximate surface area is 163 Å². The monoisotopic (exact) mass is 388 g/mol. The summed E-state index contributed by atoms with van der Waals surface area (Å²) in [4.78, 5) is 40.3. The van der Waals surface area contributed by atoms with Crippen molar-refractivity contribution >= 4 is 23.5 Å². The number of carboxylic acid groups (broad SMARTS) is 1. The van der Waals surface area contributed by atoms with Gasteiger partial charge in [-0.05, 0) is 31.9 Å². The van der Waals surface area contributed by atoms with Crippen molar-refractivity contribution < 1.29 is 29.0 Å². The standard InChI is InChI=1S/C20H24N2O6/c1-12-15(20(25)26)3-2-6-21(12)19(24)13-9-18(23)22(11-13)14-4-5-16-17(10-14)28-8-7-27-16/h4-5,10,12-13,15H,2-3,6-9,11H2,1H3,(H,25,26)/t12-,13?,15-/m1/s1. The Morgan fingerprint density at radius 2 is 1.93 bits per heavy atom. The number of likely N-dealkylation sites (tertiary alicyclic amines) is 1. The molecule has 1 aromatic carbocycles. The molecule has 3 atom stereocenters. The van der Waals surface area contributed by atoms with E-state index in [0.29, 0.717) is 49.8 Å². The van der Waals surface area contributed by atoms with Crippen LogP contribution in [0.2, 0.25) is 0 Å². The van der Waals surface area contributed by atoms with E-state index in [1.807, 2.05) is 0 Å². The van der Waals surface area contributed by atoms with Crippen LogP contribution in [0, 0.1) is 11.8 Å². The van der Waals surface area contributed by atoms with Gasteiger partial charge in [0, 0.05) is 37.3 Å². The zero-order chi connectivity index (χ0) is 19.8. The highest BCUT2D eigenvalue weighted by Gasteiger charge is 2.42. The van der Waals surface area contributed by atoms with E-state index in [9.17, 15) is 19.5 Å². The molecule has 150 valence electrons. The molecule has 1 aromatic rings. The molecule has 0 saturated carbocycles. The highest BCUT2D eigenvalue weighted by Crippen LogP contribution is 2.36. The molecule has 0 aliphatic carbocycles. The molecule has 2 amide bonds. The van der Waals surface area contributed by atoms with E-state index >= 15 is 0 Å². The normalized spacial score (nSPS) is 27.0. The number of rotatable bonds is 3. The van der Waals surface area contributed by atoms with Gasteiger partial charge in [-0.25, -0.2) is 0 Å². The quantitative estimate of drug-likeness (QED) is 0.843. The van der Waals surface area contributed by atoms with Crippen LogP contribution < -0.4 is 14.4 Å².